The van der Waals surface area contributed by atoms with E-state index in [4.69, 9.17) is 4.98 Å². The maximum Gasteiger partial charge on any atom is 0.159 e. The minimum Gasteiger partial charge on any atom is -0.326 e. The van der Waals surface area contributed by atoms with Crippen LogP contribution in [0.5, 0.6) is 0 Å². The van der Waals surface area contributed by atoms with E-state index in [0.717, 1.165) is 31.0 Å². The van der Waals surface area contributed by atoms with E-state index < -0.39 is 0 Å². The molecule has 0 bridgehead atoms. The zero-order chi connectivity index (χ0) is 12.4. The van der Waals surface area contributed by atoms with Gasteiger partial charge in [0.05, 0.1) is 5.69 Å². The van der Waals surface area contributed by atoms with Crippen molar-refractivity contribution in [2.75, 3.05) is 7.05 Å². The minimum absolute atomic E-state index is 0.835. The fourth-order valence-corrected chi connectivity index (χ4v) is 2.62. The van der Waals surface area contributed by atoms with Crippen molar-refractivity contribution in [1.29, 1.82) is 0 Å². The summed E-state index contributed by atoms with van der Waals surface area (Å²) in [5.41, 5.74) is 3.54. The van der Waals surface area contributed by atoms with Crippen LogP contribution in [-0.4, -0.2) is 21.6 Å². The van der Waals surface area contributed by atoms with Crippen molar-refractivity contribution in [3.8, 4) is 11.5 Å². The lowest BCUT2D eigenvalue weighted by molar-refractivity contribution is 0.531. The van der Waals surface area contributed by atoms with E-state index in [1.807, 2.05) is 31.4 Å². The van der Waals surface area contributed by atoms with Crippen LogP contribution in [0.15, 0.2) is 24.4 Å². The summed E-state index contributed by atoms with van der Waals surface area (Å²) in [7, 11) is 1.97. The Morgan fingerprint density at radius 1 is 1.33 bits per heavy atom. The third kappa shape index (κ3) is 1.93. The third-order valence-electron chi connectivity index (χ3n) is 3.44. The molecular weight excluding hydrogens is 224 g/mol. The second-order valence-electron chi connectivity index (χ2n) is 4.68. The van der Waals surface area contributed by atoms with E-state index >= 15 is 0 Å². The van der Waals surface area contributed by atoms with Crippen LogP contribution in [-0.2, 0) is 19.5 Å². The largest absolute Gasteiger partial charge is 0.326 e. The Morgan fingerprint density at radius 3 is 3.06 bits per heavy atom. The van der Waals surface area contributed by atoms with Gasteiger partial charge in [0.15, 0.2) is 5.82 Å². The molecule has 0 fully saturated rings. The number of imidazole rings is 1. The highest BCUT2D eigenvalue weighted by Crippen LogP contribution is 2.26. The second-order valence-corrected chi connectivity index (χ2v) is 4.68. The van der Waals surface area contributed by atoms with Crippen LogP contribution >= 0.6 is 0 Å². The molecule has 0 radical (unpaired) electrons. The smallest absolute Gasteiger partial charge is 0.159 e. The SMILES string of the molecule is CNCc1nc(-c2ccccn2)n2c1CCCC2. The fraction of sp³-hybridized carbons (Fsp3) is 0.429. The van der Waals surface area contributed by atoms with Crippen LogP contribution in [0.3, 0.4) is 0 Å². The molecule has 18 heavy (non-hydrogen) atoms. The molecule has 0 aromatic carbocycles. The van der Waals surface area contributed by atoms with Crippen LogP contribution in [0, 0.1) is 0 Å². The summed E-state index contributed by atoms with van der Waals surface area (Å²) in [6.07, 6.45) is 5.47. The van der Waals surface area contributed by atoms with Gasteiger partial charge in [0.2, 0.25) is 0 Å². The van der Waals surface area contributed by atoms with Crippen LogP contribution in [0.4, 0.5) is 0 Å². The zero-order valence-corrected chi connectivity index (χ0v) is 10.7. The average molecular weight is 242 g/mol. The summed E-state index contributed by atoms with van der Waals surface area (Å²) in [4.78, 5) is 9.22. The van der Waals surface area contributed by atoms with Gasteiger partial charge in [-0.3, -0.25) is 4.98 Å². The van der Waals surface area contributed by atoms with E-state index in [9.17, 15) is 0 Å². The first kappa shape index (κ1) is 11.4. The zero-order valence-electron chi connectivity index (χ0n) is 10.7. The van der Waals surface area contributed by atoms with Crippen molar-refractivity contribution in [2.24, 2.45) is 0 Å². The van der Waals surface area contributed by atoms with E-state index in [0.29, 0.717) is 0 Å². The highest BCUT2D eigenvalue weighted by Gasteiger charge is 2.20. The number of hydrogen-bond acceptors (Lipinski definition) is 3. The molecule has 0 amide bonds. The van der Waals surface area contributed by atoms with Gasteiger partial charge in [0, 0.05) is 25.0 Å². The van der Waals surface area contributed by atoms with Crippen LogP contribution in [0.2, 0.25) is 0 Å². The molecule has 0 unspecified atom stereocenters. The first-order valence-corrected chi connectivity index (χ1v) is 6.54. The first-order valence-electron chi connectivity index (χ1n) is 6.54. The summed E-state index contributed by atoms with van der Waals surface area (Å²) >= 11 is 0. The number of pyridine rings is 1. The predicted octanol–water partition coefficient (Wildman–Crippen LogP) is 2.00. The Hall–Kier alpha value is -1.68. The molecule has 4 heteroatoms. The molecule has 0 spiro atoms. The van der Waals surface area contributed by atoms with Crippen molar-refractivity contribution in [2.45, 2.75) is 32.4 Å². The van der Waals surface area contributed by atoms with E-state index in [1.165, 1.54) is 24.2 Å². The molecule has 4 nitrogen and oxygen atoms in total. The number of aromatic nitrogens is 3. The Balaban J connectivity index is 2.09. The minimum atomic E-state index is 0.835. The molecule has 0 saturated heterocycles. The monoisotopic (exact) mass is 242 g/mol. The quantitative estimate of drug-likeness (QED) is 0.895. The lowest BCUT2D eigenvalue weighted by Crippen LogP contribution is -2.14. The summed E-state index contributed by atoms with van der Waals surface area (Å²) < 4.78 is 2.35. The molecule has 2 aromatic heterocycles. The van der Waals surface area contributed by atoms with Gasteiger partial charge >= 0.3 is 0 Å². The third-order valence-corrected chi connectivity index (χ3v) is 3.44. The van der Waals surface area contributed by atoms with Gasteiger partial charge in [0.25, 0.3) is 0 Å². The van der Waals surface area contributed by atoms with Gasteiger partial charge in [-0.05, 0) is 38.4 Å². The molecule has 2 aromatic rings. The second kappa shape index (κ2) is 4.90. The molecule has 1 aliphatic rings. The summed E-state index contributed by atoms with van der Waals surface area (Å²) in [6.45, 7) is 1.90. The molecule has 3 heterocycles. The van der Waals surface area contributed by atoms with Crippen molar-refractivity contribution in [3.05, 3.63) is 35.8 Å². The summed E-state index contributed by atoms with van der Waals surface area (Å²) in [5.74, 6) is 1.02. The predicted molar refractivity (Wildman–Crippen MR) is 71.2 cm³/mol. The number of hydrogen-bond donors (Lipinski definition) is 1. The molecule has 0 aliphatic carbocycles. The molecule has 1 N–H and O–H groups in total. The first-order chi connectivity index (χ1) is 8.90. The number of rotatable bonds is 3. The highest BCUT2D eigenvalue weighted by molar-refractivity contribution is 5.51. The van der Waals surface area contributed by atoms with Crippen LogP contribution in [0.1, 0.15) is 24.2 Å². The maximum absolute atomic E-state index is 4.79. The topological polar surface area (TPSA) is 42.7 Å². The van der Waals surface area contributed by atoms with Gasteiger partial charge in [-0.25, -0.2) is 4.98 Å². The van der Waals surface area contributed by atoms with Crippen molar-refractivity contribution in [1.82, 2.24) is 19.9 Å². The highest BCUT2D eigenvalue weighted by atomic mass is 15.1. The van der Waals surface area contributed by atoms with Gasteiger partial charge in [-0.1, -0.05) is 6.07 Å². The molecule has 3 rings (SSSR count). The molecule has 94 valence electrons. The van der Waals surface area contributed by atoms with Crippen LogP contribution in [0.25, 0.3) is 11.5 Å². The van der Waals surface area contributed by atoms with E-state index in [-0.39, 0.29) is 0 Å². The van der Waals surface area contributed by atoms with E-state index in [1.54, 1.807) is 0 Å². The summed E-state index contributed by atoms with van der Waals surface area (Å²) in [6, 6.07) is 6.00. The van der Waals surface area contributed by atoms with Crippen molar-refractivity contribution < 1.29 is 0 Å². The van der Waals surface area contributed by atoms with Crippen LogP contribution < -0.4 is 5.32 Å². The fourth-order valence-electron chi connectivity index (χ4n) is 2.62. The molecule has 1 aliphatic heterocycles. The van der Waals surface area contributed by atoms with Gasteiger partial charge in [-0.15, -0.1) is 0 Å². The van der Waals surface area contributed by atoms with E-state index in [2.05, 4.69) is 14.9 Å². The van der Waals surface area contributed by atoms with Gasteiger partial charge in [0.1, 0.15) is 5.69 Å². The van der Waals surface area contributed by atoms with Crippen molar-refractivity contribution >= 4 is 0 Å². The Kier molecular flexibility index (Phi) is 3.11. The summed E-state index contributed by atoms with van der Waals surface area (Å²) in [5, 5.41) is 3.20. The Bertz CT molecular complexity index is 530. The van der Waals surface area contributed by atoms with Gasteiger partial charge in [-0.2, -0.15) is 0 Å². The lowest BCUT2D eigenvalue weighted by Gasteiger charge is -2.17. The molecule has 0 saturated carbocycles. The molecule has 0 atom stereocenters. The molecular formula is C14H18N4. The standard InChI is InChI=1S/C14H18N4/c1-15-10-12-13-7-3-5-9-18(13)14(17-12)11-6-2-4-8-16-11/h2,4,6,8,15H,3,5,7,9-10H2,1H3. The average Bonchev–Trinajstić information content (AvgIpc) is 2.80. The lowest BCUT2D eigenvalue weighted by atomic mass is 10.1. The van der Waals surface area contributed by atoms with Crippen molar-refractivity contribution in [3.63, 3.8) is 0 Å². The Morgan fingerprint density at radius 2 is 2.28 bits per heavy atom. The number of nitrogens with zero attached hydrogens (tertiary/aromatic N) is 3. The Labute approximate surface area is 107 Å². The number of nitrogens with one attached hydrogen (secondary N) is 1. The number of fused-ring (bicyclic) bond motifs is 1. The van der Waals surface area contributed by atoms with Gasteiger partial charge < -0.3 is 9.88 Å². The normalized spacial score (nSPS) is 14.5. The maximum atomic E-state index is 4.79.